The van der Waals surface area contributed by atoms with Crippen molar-refractivity contribution in [3.63, 3.8) is 0 Å². The van der Waals surface area contributed by atoms with Crippen LogP contribution >= 0.6 is 0 Å². The number of allylic oxidation sites excluding steroid dienone is 10. The number of unbranched alkanes of at least 4 members (excludes halogenated alkanes) is 22. The number of ether oxygens (including phenoxy) is 6. The van der Waals surface area contributed by atoms with Crippen molar-refractivity contribution in [2.45, 2.75) is 317 Å². The molecule has 1 amide bonds. The average Bonchev–Trinajstić information content (AvgIpc) is 2.27. The first-order valence-corrected chi connectivity index (χ1v) is 32.5. The molecular formula is C65H115NO18. The number of aliphatic hydroxyl groups is 11. The molecule has 19 nitrogen and oxygen atoms in total. The summed E-state index contributed by atoms with van der Waals surface area (Å²) in [5.41, 5.74) is 0. The van der Waals surface area contributed by atoms with Crippen LogP contribution in [-0.4, -0.2) is 193 Å². The van der Waals surface area contributed by atoms with Crippen molar-refractivity contribution in [2.75, 3.05) is 26.4 Å². The smallest absolute Gasteiger partial charge is 0.220 e. The molecule has 0 aliphatic carbocycles. The number of hydrogen-bond donors (Lipinski definition) is 12. The van der Waals surface area contributed by atoms with Crippen molar-refractivity contribution in [3.8, 4) is 0 Å². The third-order valence-electron chi connectivity index (χ3n) is 16.1. The van der Waals surface area contributed by atoms with Gasteiger partial charge in [0, 0.05) is 6.42 Å². The molecule has 12 N–H and O–H groups in total. The highest BCUT2D eigenvalue weighted by molar-refractivity contribution is 5.76. The van der Waals surface area contributed by atoms with Gasteiger partial charge in [-0.15, -0.1) is 0 Å². The molecule has 17 unspecified atom stereocenters. The standard InChI is InChI=1S/C65H115NO18/c1-3-5-7-9-11-12-13-14-15-16-17-18-19-20-21-22-23-24-25-26-27-28-29-30-31-32-33-34-35-36-37-39-41-43-53(71)66-48(49(70)42-40-38-10-8-6-4-2)47-79-63-59(77)56(74)61(51(45-68)81-63)84-65-60(78)57(75)62(52(46-69)82-65)83-64-58(76)55(73)54(72)50(44-67)80-64/h5,7,11-12,14-15,17-18,20-21,48-52,54-65,67-70,72-78H,3-4,6,8-10,13,16,19,22-47H2,1-2H3,(H,66,71)/b7-5-,12-11-,15-14-,18-17-,21-20-. The Morgan fingerprint density at radius 2 is 0.821 bits per heavy atom. The van der Waals surface area contributed by atoms with Crippen LogP contribution in [-0.2, 0) is 33.2 Å². The molecule has 0 aromatic carbocycles. The summed E-state index contributed by atoms with van der Waals surface area (Å²) < 4.78 is 34.2. The number of aliphatic hydroxyl groups excluding tert-OH is 11. The van der Waals surface area contributed by atoms with E-state index >= 15 is 0 Å². The maximum Gasteiger partial charge on any atom is 0.220 e. The minimum Gasteiger partial charge on any atom is -0.394 e. The fraction of sp³-hybridized carbons (Fsp3) is 0.831. The van der Waals surface area contributed by atoms with E-state index < -0.39 is 124 Å². The van der Waals surface area contributed by atoms with E-state index in [4.69, 9.17) is 28.4 Å². The maximum atomic E-state index is 13.3. The summed E-state index contributed by atoms with van der Waals surface area (Å²) in [4.78, 5) is 13.3. The van der Waals surface area contributed by atoms with Gasteiger partial charge in [0.1, 0.15) is 73.2 Å². The summed E-state index contributed by atoms with van der Waals surface area (Å²) in [5.74, 6) is -0.249. The average molecular weight is 1200 g/mol. The lowest BCUT2D eigenvalue weighted by Crippen LogP contribution is -2.66. The van der Waals surface area contributed by atoms with Crippen LogP contribution in [0, 0.1) is 0 Å². The third-order valence-corrected chi connectivity index (χ3v) is 16.1. The Labute approximate surface area is 503 Å². The maximum absolute atomic E-state index is 13.3. The van der Waals surface area contributed by atoms with Crippen molar-refractivity contribution in [1.82, 2.24) is 5.32 Å². The third kappa shape index (κ3) is 30.1. The lowest BCUT2D eigenvalue weighted by Gasteiger charge is -2.48. The summed E-state index contributed by atoms with van der Waals surface area (Å²) in [7, 11) is 0. The van der Waals surface area contributed by atoms with Gasteiger partial charge in [-0.1, -0.05) is 209 Å². The lowest BCUT2D eigenvalue weighted by molar-refractivity contribution is -0.379. The molecule has 0 bridgehead atoms. The zero-order chi connectivity index (χ0) is 61.2. The summed E-state index contributed by atoms with van der Waals surface area (Å²) in [6.45, 7) is 1.59. The Balaban J connectivity index is 1.30. The van der Waals surface area contributed by atoms with Gasteiger partial charge < -0.3 is 89.9 Å². The number of amides is 1. The van der Waals surface area contributed by atoms with Gasteiger partial charge in [-0.25, -0.2) is 0 Å². The largest absolute Gasteiger partial charge is 0.394 e. The van der Waals surface area contributed by atoms with Gasteiger partial charge >= 0.3 is 0 Å². The van der Waals surface area contributed by atoms with Crippen LogP contribution in [0.2, 0.25) is 0 Å². The van der Waals surface area contributed by atoms with E-state index in [0.717, 1.165) is 89.9 Å². The van der Waals surface area contributed by atoms with Crippen molar-refractivity contribution >= 4 is 5.91 Å². The molecule has 84 heavy (non-hydrogen) atoms. The van der Waals surface area contributed by atoms with Gasteiger partial charge in [-0.05, 0) is 57.8 Å². The van der Waals surface area contributed by atoms with Crippen LogP contribution in [0.1, 0.15) is 213 Å². The Kier molecular flexibility index (Phi) is 42.8. The van der Waals surface area contributed by atoms with E-state index in [2.05, 4.69) is 79.9 Å². The van der Waals surface area contributed by atoms with E-state index in [-0.39, 0.29) is 18.9 Å². The topological polar surface area (TPSA) is 307 Å². The van der Waals surface area contributed by atoms with Crippen LogP contribution in [0.5, 0.6) is 0 Å². The van der Waals surface area contributed by atoms with Gasteiger partial charge in [0.05, 0.1) is 38.6 Å². The van der Waals surface area contributed by atoms with E-state index in [1.807, 2.05) is 0 Å². The Hall–Kier alpha value is -2.51. The number of nitrogens with one attached hydrogen (secondary N) is 1. The zero-order valence-electron chi connectivity index (χ0n) is 51.1. The first-order valence-electron chi connectivity index (χ1n) is 32.5. The summed E-state index contributed by atoms with van der Waals surface area (Å²) in [6, 6.07) is -0.884. The molecule has 0 saturated carbocycles. The molecule has 488 valence electrons. The zero-order valence-corrected chi connectivity index (χ0v) is 51.1. The monoisotopic (exact) mass is 1200 g/mol. The van der Waals surface area contributed by atoms with Crippen LogP contribution in [0.15, 0.2) is 60.8 Å². The highest BCUT2D eigenvalue weighted by Crippen LogP contribution is 2.33. The summed E-state index contributed by atoms with van der Waals surface area (Å²) in [6.07, 6.45) is 29.6. The second-order valence-corrected chi connectivity index (χ2v) is 23.2. The van der Waals surface area contributed by atoms with Crippen LogP contribution < -0.4 is 5.32 Å². The van der Waals surface area contributed by atoms with Crippen molar-refractivity contribution in [2.24, 2.45) is 0 Å². The van der Waals surface area contributed by atoms with E-state index in [1.165, 1.54) is 89.9 Å². The predicted octanol–water partition coefficient (Wildman–Crippen LogP) is 7.21. The SMILES string of the molecule is CC/C=C\C/C=C\C/C=C\C/C=C\C/C=C\CCCCCCCCCCCCCCCCCCCC(=O)NC(COC1OC(CO)C(OC2OC(CO)C(OC3OC(CO)C(O)C(O)C3O)C(O)C2O)C(O)C1O)C(O)CCCCCCCC. The van der Waals surface area contributed by atoms with Gasteiger partial charge in [-0.2, -0.15) is 0 Å². The lowest BCUT2D eigenvalue weighted by atomic mass is 9.96. The first-order chi connectivity index (χ1) is 40.8. The Bertz CT molecular complexity index is 1770. The Morgan fingerprint density at radius 3 is 1.29 bits per heavy atom. The number of hydrogen-bond acceptors (Lipinski definition) is 18. The van der Waals surface area contributed by atoms with Gasteiger partial charge in [0.2, 0.25) is 5.91 Å². The molecule has 3 fully saturated rings. The highest BCUT2D eigenvalue weighted by atomic mass is 16.8. The number of rotatable bonds is 48. The number of carbonyl (C=O) groups is 1. The van der Waals surface area contributed by atoms with E-state index in [1.54, 1.807) is 0 Å². The minimum atomic E-state index is -1.97. The molecule has 3 rings (SSSR count). The molecule has 3 heterocycles. The fourth-order valence-corrected chi connectivity index (χ4v) is 10.8. The molecule has 0 radical (unpaired) electrons. The molecule has 17 atom stereocenters. The predicted molar refractivity (Wildman–Crippen MR) is 323 cm³/mol. The summed E-state index contributed by atoms with van der Waals surface area (Å²) in [5, 5.41) is 120. The van der Waals surface area contributed by atoms with Gasteiger partial charge in [0.15, 0.2) is 18.9 Å². The van der Waals surface area contributed by atoms with E-state index in [0.29, 0.717) is 12.8 Å². The normalized spacial score (nSPS) is 29.6. The van der Waals surface area contributed by atoms with Crippen LogP contribution in [0.3, 0.4) is 0 Å². The van der Waals surface area contributed by atoms with Gasteiger partial charge in [0.25, 0.3) is 0 Å². The van der Waals surface area contributed by atoms with E-state index in [9.17, 15) is 61.0 Å². The molecule has 19 heteroatoms. The van der Waals surface area contributed by atoms with Crippen molar-refractivity contribution in [3.05, 3.63) is 60.8 Å². The van der Waals surface area contributed by atoms with Crippen LogP contribution in [0.4, 0.5) is 0 Å². The molecular weight excluding hydrogens is 1080 g/mol. The Morgan fingerprint density at radius 1 is 0.440 bits per heavy atom. The molecule has 0 aromatic rings. The van der Waals surface area contributed by atoms with Crippen molar-refractivity contribution < 1.29 is 89.4 Å². The molecule has 3 saturated heterocycles. The minimum absolute atomic E-state index is 0.249. The van der Waals surface area contributed by atoms with Crippen molar-refractivity contribution in [1.29, 1.82) is 0 Å². The highest BCUT2D eigenvalue weighted by Gasteiger charge is 2.53. The molecule has 0 spiro atoms. The second-order valence-electron chi connectivity index (χ2n) is 23.2. The molecule has 3 aliphatic rings. The molecule has 3 aliphatic heterocycles. The molecule has 0 aromatic heterocycles. The van der Waals surface area contributed by atoms with Gasteiger partial charge in [-0.3, -0.25) is 4.79 Å². The van der Waals surface area contributed by atoms with Crippen LogP contribution in [0.25, 0.3) is 0 Å². The number of carbonyl (C=O) groups excluding carboxylic acids is 1. The summed E-state index contributed by atoms with van der Waals surface area (Å²) >= 11 is 0. The second kappa shape index (κ2) is 47.5. The fourth-order valence-electron chi connectivity index (χ4n) is 10.8. The quantitative estimate of drug-likeness (QED) is 0.0211. The first kappa shape index (κ1) is 75.7.